The summed E-state index contributed by atoms with van der Waals surface area (Å²) in [7, 11) is -2.78. The van der Waals surface area contributed by atoms with Crippen LogP contribution in [0, 0.1) is 20.8 Å². The molecule has 0 aromatic heterocycles. The molecule has 0 aliphatic heterocycles. The van der Waals surface area contributed by atoms with Crippen molar-refractivity contribution in [2.24, 2.45) is 0 Å². The molecule has 15 rings (SSSR count). The first-order valence-corrected chi connectivity index (χ1v) is 42.4. The minimum atomic E-state index is -0.696. The number of rotatable bonds is 12. The molecular formula is C93H76Ga4P4S8-8. The fraction of sp³-hybridized carbons (Fsp3) is 0.0323. The van der Waals surface area contributed by atoms with Gasteiger partial charge >= 0.3 is 0 Å². The Bertz CT molecular complexity index is 4240. The maximum absolute atomic E-state index is 5.55. The molecule has 536 valence electrons. The van der Waals surface area contributed by atoms with Gasteiger partial charge in [0.15, 0.2) is 0 Å². The van der Waals surface area contributed by atoms with Crippen LogP contribution in [-0.2, 0) is 101 Å². The molecule has 0 N–H and O–H groups in total. The van der Waals surface area contributed by atoms with Gasteiger partial charge in [0.05, 0.1) is 0 Å². The summed E-state index contributed by atoms with van der Waals surface area (Å²) in [4.78, 5) is 7.26. The fourth-order valence-electron chi connectivity index (χ4n) is 10.7. The van der Waals surface area contributed by atoms with Crippen molar-refractivity contribution in [1.82, 2.24) is 0 Å². The van der Waals surface area contributed by atoms with Gasteiger partial charge in [-0.3, -0.25) is 0 Å². The van der Waals surface area contributed by atoms with Crippen LogP contribution in [0.25, 0.3) is 0 Å². The summed E-state index contributed by atoms with van der Waals surface area (Å²) in [6, 6.07) is 138. The number of hydrogen-bond acceptors (Lipinski definition) is 8. The van der Waals surface area contributed by atoms with Crippen molar-refractivity contribution >= 4 is 276 Å². The Morgan fingerprint density at radius 2 is 0.239 bits per heavy atom. The molecule has 0 saturated heterocycles. The first-order chi connectivity index (χ1) is 51.3. The Morgan fingerprint density at radius 1 is 0.138 bits per heavy atom. The van der Waals surface area contributed by atoms with Gasteiger partial charge in [0.25, 0.3) is 0 Å². The van der Waals surface area contributed by atoms with E-state index in [9.17, 15) is 0 Å². The Hall–Kier alpha value is -5.67. The van der Waals surface area contributed by atoms with E-state index in [0.29, 0.717) is 0 Å². The zero-order valence-corrected chi connectivity index (χ0v) is 80.3. The first kappa shape index (κ1) is 93.9. The smallest absolute Gasteiger partial charge is 0 e. The molecule has 15 aromatic rings. The largest absolute Gasteiger partial charge is 0.779 e. The zero-order valence-electron chi connectivity index (χ0n) is 60.5. The second-order valence-electron chi connectivity index (χ2n) is 23.4. The number of aryl methyl sites for hydroxylation is 3. The second-order valence-corrected chi connectivity index (χ2v) is 35.5. The van der Waals surface area contributed by atoms with E-state index in [1.807, 2.05) is 176 Å². The fourth-order valence-corrected chi connectivity index (χ4v) is 23.4. The first-order valence-electron chi connectivity index (χ1n) is 33.8. The summed E-state index contributed by atoms with van der Waals surface area (Å²) in [5, 5.41) is 14.7. The molecule has 0 saturated carbocycles. The van der Waals surface area contributed by atoms with Gasteiger partial charge in [-0.05, 0) is 116 Å². The molecule has 0 fully saturated rings. The quantitative estimate of drug-likeness (QED) is 0.0666. The Balaban J connectivity index is 0.000000236. The van der Waals surface area contributed by atoms with Gasteiger partial charge in [-0.15, -0.1) is 0 Å². The van der Waals surface area contributed by atoms with Crippen LogP contribution in [-0.4, -0.2) is 79.2 Å². The van der Waals surface area contributed by atoms with Crippen LogP contribution in [0.4, 0.5) is 0 Å². The van der Waals surface area contributed by atoms with E-state index in [2.05, 4.69) is 251 Å². The van der Waals surface area contributed by atoms with Crippen molar-refractivity contribution in [3.63, 3.8) is 0 Å². The van der Waals surface area contributed by atoms with E-state index in [1.54, 1.807) is 0 Å². The molecule has 109 heavy (non-hydrogen) atoms. The van der Waals surface area contributed by atoms with Crippen molar-refractivity contribution in [1.29, 1.82) is 0 Å². The molecule has 0 heterocycles. The average molecular weight is 1850 g/mol. The van der Waals surface area contributed by atoms with Crippen molar-refractivity contribution in [3.8, 4) is 0 Å². The van der Waals surface area contributed by atoms with Crippen molar-refractivity contribution in [3.05, 3.63) is 423 Å². The predicted octanol–water partition coefficient (Wildman–Crippen LogP) is 17.5. The van der Waals surface area contributed by atoms with Gasteiger partial charge < -0.3 is 101 Å². The van der Waals surface area contributed by atoms with Crippen LogP contribution >= 0.6 is 31.7 Å². The SMILES string of the molecule is Cc1ccccc1.Cc1ccccc1.Cc1ccccc1.[Ga].[Ga].[Ga].[Ga].[S-]c1ccccc1P(c1ccccc1)c1ccccc1[S-].[S-]c1ccccc1P(c1ccccc1)c1ccccc1[S-].[S-]c1ccccc1P(c1ccccc1)c1ccccc1[S-].[S-]c1ccccc1P(c1ccccc1)c1ccccc1[S-]. The van der Waals surface area contributed by atoms with E-state index < -0.39 is 31.7 Å². The van der Waals surface area contributed by atoms with Crippen molar-refractivity contribution in [2.45, 2.75) is 59.9 Å². The molecule has 0 bridgehead atoms. The van der Waals surface area contributed by atoms with Gasteiger partial charge in [0.1, 0.15) is 0 Å². The van der Waals surface area contributed by atoms with Gasteiger partial charge in [-0.2, -0.15) is 39.2 Å². The molecule has 16 heteroatoms. The van der Waals surface area contributed by atoms with Crippen molar-refractivity contribution < 1.29 is 0 Å². The van der Waals surface area contributed by atoms with E-state index in [-0.39, 0.29) is 79.2 Å². The minimum absolute atomic E-state index is 0. The average Bonchev–Trinajstić information content (AvgIpc) is 0.818. The maximum Gasteiger partial charge on any atom is 0 e. The monoisotopic (exact) mass is 1850 g/mol. The van der Waals surface area contributed by atoms with Crippen LogP contribution in [0.1, 0.15) is 16.7 Å². The normalized spacial score (nSPS) is 9.94. The third-order valence-electron chi connectivity index (χ3n) is 15.7. The molecular weight excluding hydrogens is 1780 g/mol. The van der Waals surface area contributed by atoms with Gasteiger partial charge in [0, 0.05) is 79.2 Å². The minimum Gasteiger partial charge on any atom is -0.779 e. The van der Waals surface area contributed by atoms with E-state index >= 15 is 0 Å². The third-order valence-corrected chi connectivity index (χ3v) is 30.0. The Morgan fingerprint density at radius 3 is 0.339 bits per heavy atom. The van der Waals surface area contributed by atoms with Crippen LogP contribution in [0.3, 0.4) is 0 Å². The Labute approximate surface area is 749 Å². The van der Waals surface area contributed by atoms with Crippen LogP contribution < -0.4 is 63.7 Å². The van der Waals surface area contributed by atoms with Crippen LogP contribution in [0.5, 0.6) is 0 Å². The van der Waals surface area contributed by atoms with E-state index in [0.717, 1.165) is 39.2 Å². The van der Waals surface area contributed by atoms with Gasteiger partial charge in [-0.25, -0.2) is 0 Å². The molecule has 0 aliphatic carbocycles. The summed E-state index contributed by atoms with van der Waals surface area (Å²) in [5.74, 6) is 0. The molecule has 0 amide bonds. The van der Waals surface area contributed by atoms with E-state index in [1.165, 1.54) is 80.3 Å². The summed E-state index contributed by atoms with van der Waals surface area (Å²) in [5.41, 5.74) is 3.97. The molecule has 12 radical (unpaired) electrons. The summed E-state index contributed by atoms with van der Waals surface area (Å²) < 4.78 is 0. The topological polar surface area (TPSA) is 0 Å². The molecule has 15 aromatic carbocycles. The van der Waals surface area contributed by atoms with Crippen molar-refractivity contribution in [2.75, 3.05) is 0 Å². The predicted molar refractivity (Wildman–Crippen MR) is 502 cm³/mol. The Kier molecular flexibility index (Phi) is 44.7. The number of benzene rings is 15. The van der Waals surface area contributed by atoms with Gasteiger partial charge in [-0.1, -0.05) is 423 Å². The maximum atomic E-state index is 5.55. The second kappa shape index (κ2) is 51.9. The standard InChI is InChI=1S/4C18H15PS2.3C7H8.4Ga/c4*20-17-12-6-4-10-15(17)19(14-8-2-1-3-9-14)16-11-5-7-13-18(16)21;3*1-7-5-3-2-4-6-7;;;;/h4*1-13,20-21H;3*2-6H,1H3;;;;/p-8. The molecule has 0 aliphatic rings. The van der Waals surface area contributed by atoms with Gasteiger partial charge in [0.2, 0.25) is 0 Å². The molecule has 0 atom stereocenters. The van der Waals surface area contributed by atoms with Crippen LogP contribution in [0.2, 0.25) is 0 Å². The number of hydrogen-bond donors (Lipinski definition) is 0. The summed E-state index contributed by atoms with van der Waals surface area (Å²) in [6.07, 6.45) is 0. The summed E-state index contributed by atoms with van der Waals surface area (Å²) in [6.45, 7) is 6.25. The zero-order chi connectivity index (χ0) is 74.0. The molecule has 0 spiro atoms. The molecule has 0 unspecified atom stereocenters. The van der Waals surface area contributed by atoms with E-state index in [4.69, 9.17) is 101 Å². The van der Waals surface area contributed by atoms with Crippen LogP contribution in [0.15, 0.2) is 446 Å². The molecule has 0 nitrogen and oxygen atoms in total. The summed E-state index contributed by atoms with van der Waals surface area (Å²) >= 11 is 44.4. The third kappa shape index (κ3) is 29.7.